The molecular weight excluding hydrogens is 310 g/mol. The maximum absolute atomic E-state index is 12.4. The third-order valence-electron chi connectivity index (χ3n) is 4.78. The van der Waals surface area contributed by atoms with E-state index in [0.717, 1.165) is 50.8 Å². The number of primary amides is 1. The van der Waals surface area contributed by atoms with Crippen LogP contribution in [0.3, 0.4) is 0 Å². The van der Waals surface area contributed by atoms with Crippen LogP contribution in [0.25, 0.3) is 0 Å². The zero-order valence-electron chi connectivity index (χ0n) is 13.7. The van der Waals surface area contributed by atoms with Crippen LogP contribution in [0.5, 0.6) is 0 Å². The van der Waals surface area contributed by atoms with Crippen LogP contribution in [-0.4, -0.2) is 36.3 Å². The number of aryl methyl sites for hydroxylation is 1. The first kappa shape index (κ1) is 16.5. The van der Waals surface area contributed by atoms with E-state index in [1.807, 2.05) is 0 Å². The van der Waals surface area contributed by atoms with Crippen molar-refractivity contribution in [1.82, 2.24) is 4.90 Å². The average Bonchev–Trinajstić information content (AvgIpc) is 2.84. The first-order valence-electron chi connectivity index (χ1n) is 8.51. The summed E-state index contributed by atoms with van der Waals surface area (Å²) in [5.74, 6) is 0.179. The van der Waals surface area contributed by atoms with Gasteiger partial charge in [0.05, 0.1) is 12.1 Å². The molecule has 1 atom stereocenters. The van der Waals surface area contributed by atoms with E-state index >= 15 is 0 Å². The number of nitrogens with two attached hydrogens (primary N) is 1. The minimum absolute atomic E-state index is 0.0415. The molecule has 3 rings (SSSR count). The molecule has 1 fully saturated rings. The lowest BCUT2D eigenvalue weighted by atomic mass is 9.95. The number of amides is 2. The Morgan fingerprint density at radius 2 is 2.09 bits per heavy atom. The maximum atomic E-state index is 12.4. The van der Waals surface area contributed by atoms with E-state index in [9.17, 15) is 9.59 Å². The fourth-order valence-electron chi connectivity index (χ4n) is 3.71. The first-order chi connectivity index (χ1) is 11.0. The van der Waals surface area contributed by atoms with E-state index in [1.54, 1.807) is 0 Å². The summed E-state index contributed by atoms with van der Waals surface area (Å²) < 4.78 is 0. The highest BCUT2D eigenvalue weighted by molar-refractivity contribution is 7.17. The lowest BCUT2D eigenvalue weighted by Gasteiger charge is -2.30. The van der Waals surface area contributed by atoms with E-state index in [1.165, 1.54) is 22.6 Å². The summed E-state index contributed by atoms with van der Waals surface area (Å²) >= 11 is 1.53. The molecule has 0 saturated carbocycles. The number of fused-ring (bicyclic) bond motifs is 1. The van der Waals surface area contributed by atoms with Crippen LogP contribution < -0.4 is 11.1 Å². The second kappa shape index (κ2) is 7.01. The Kier molecular flexibility index (Phi) is 5.02. The Hall–Kier alpha value is -1.40. The quantitative estimate of drug-likeness (QED) is 0.887. The van der Waals surface area contributed by atoms with Gasteiger partial charge in [-0.15, -0.1) is 11.3 Å². The molecule has 0 aromatic carbocycles. The lowest BCUT2D eigenvalue weighted by molar-refractivity contribution is -0.117. The molecule has 126 valence electrons. The minimum atomic E-state index is -0.425. The highest BCUT2D eigenvalue weighted by atomic mass is 32.1. The monoisotopic (exact) mass is 335 g/mol. The molecule has 1 aliphatic carbocycles. The molecule has 1 aromatic rings. The molecule has 0 radical (unpaired) electrons. The van der Waals surface area contributed by atoms with E-state index in [2.05, 4.69) is 17.1 Å². The van der Waals surface area contributed by atoms with Crippen LogP contribution in [0.2, 0.25) is 0 Å². The molecule has 2 aliphatic rings. The summed E-state index contributed by atoms with van der Waals surface area (Å²) in [5.41, 5.74) is 7.18. The molecule has 0 bridgehead atoms. The molecule has 2 amide bonds. The van der Waals surface area contributed by atoms with Gasteiger partial charge in [-0.05, 0) is 56.6 Å². The first-order valence-corrected chi connectivity index (χ1v) is 9.32. The van der Waals surface area contributed by atoms with Gasteiger partial charge in [0.15, 0.2) is 0 Å². The van der Waals surface area contributed by atoms with Gasteiger partial charge < -0.3 is 11.1 Å². The molecular formula is C17H25N3O2S. The van der Waals surface area contributed by atoms with Gasteiger partial charge in [0.1, 0.15) is 5.00 Å². The largest absolute Gasteiger partial charge is 0.365 e. The van der Waals surface area contributed by atoms with Gasteiger partial charge in [-0.1, -0.05) is 6.92 Å². The van der Waals surface area contributed by atoms with Crippen LogP contribution >= 0.6 is 11.3 Å². The summed E-state index contributed by atoms with van der Waals surface area (Å²) in [7, 11) is 0. The van der Waals surface area contributed by atoms with Crippen molar-refractivity contribution in [2.24, 2.45) is 11.7 Å². The molecule has 3 N–H and O–H groups in total. The smallest absolute Gasteiger partial charge is 0.251 e. The van der Waals surface area contributed by atoms with Gasteiger partial charge >= 0.3 is 0 Å². The maximum Gasteiger partial charge on any atom is 0.251 e. The van der Waals surface area contributed by atoms with Crippen LogP contribution in [0, 0.1) is 5.92 Å². The summed E-state index contributed by atoms with van der Waals surface area (Å²) in [6.45, 7) is 4.56. The number of nitrogens with zero attached hydrogens (tertiary/aromatic N) is 1. The van der Waals surface area contributed by atoms with Crippen molar-refractivity contribution in [3.63, 3.8) is 0 Å². The average molecular weight is 335 g/mol. The number of hydrogen-bond donors (Lipinski definition) is 2. The molecule has 6 heteroatoms. The summed E-state index contributed by atoms with van der Waals surface area (Å²) in [6, 6.07) is 0. The fraction of sp³-hybridized carbons (Fsp3) is 0.647. The van der Waals surface area contributed by atoms with Crippen molar-refractivity contribution in [2.75, 3.05) is 25.0 Å². The third-order valence-corrected chi connectivity index (χ3v) is 5.99. The Morgan fingerprint density at radius 1 is 1.30 bits per heavy atom. The van der Waals surface area contributed by atoms with Crippen molar-refractivity contribution in [2.45, 2.75) is 45.4 Å². The summed E-state index contributed by atoms with van der Waals surface area (Å²) in [4.78, 5) is 27.6. The van der Waals surface area contributed by atoms with Gasteiger partial charge in [0, 0.05) is 11.4 Å². The Bertz CT molecular complexity index is 611. The number of hydrogen-bond acceptors (Lipinski definition) is 4. The normalized spacial score (nSPS) is 21.7. The fourth-order valence-corrected chi connectivity index (χ4v) is 5.02. The topological polar surface area (TPSA) is 75.4 Å². The van der Waals surface area contributed by atoms with Crippen molar-refractivity contribution in [3.8, 4) is 0 Å². The molecule has 5 nitrogen and oxygen atoms in total. The number of likely N-dealkylation sites (tertiary alicyclic amines) is 1. The highest BCUT2D eigenvalue weighted by Crippen LogP contribution is 2.37. The number of piperidine rings is 1. The number of nitrogens with one attached hydrogen (secondary N) is 1. The Morgan fingerprint density at radius 3 is 2.83 bits per heavy atom. The molecule has 1 saturated heterocycles. The standard InChI is InChI=1S/C17H25N3O2S/c1-11-5-4-8-20(9-11)10-14(21)19-17-15(16(18)22)12-6-2-3-7-13(12)23-17/h11H,2-10H2,1H3,(H2,18,22)(H,19,21)/t11-/m1/s1. The number of rotatable bonds is 4. The lowest BCUT2D eigenvalue weighted by Crippen LogP contribution is -2.39. The Labute approximate surface area is 141 Å². The van der Waals surface area contributed by atoms with Gasteiger partial charge in [0.25, 0.3) is 5.91 Å². The zero-order valence-corrected chi connectivity index (χ0v) is 14.5. The molecule has 2 heterocycles. The van der Waals surface area contributed by atoms with Crippen LogP contribution in [0.1, 0.15) is 53.4 Å². The van der Waals surface area contributed by atoms with Crippen LogP contribution in [-0.2, 0) is 17.6 Å². The number of anilines is 1. The summed E-state index contributed by atoms with van der Waals surface area (Å²) in [6.07, 6.45) is 6.49. The molecule has 1 aliphatic heterocycles. The SMILES string of the molecule is C[C@@H]1CCCN(CC(=O)Nc2sc3c(c2C(N)=O)CCCC3)C1. The molecule has 0 unspecified atom stereocenters. The van der Waals surface area contributed by atoms with Crippen molar-refractivity contribution >= 4 is 28.2 Å². The third kappa shape index (κ3) is 3.75. The van der Waals surface area contributed by atoms with Gasteiger partial charge in [-0.25, -0.2) is 0 Å². The number of carbonyl (C=O) groups excluding carboxylic acids is 2. The highest BCUT2D eigenvalue weighted by Gasteiger charge is 2.25. The second-order valence-corrected chi connectivity index (χ2v) is 7.92. The Balaban J connectivity index is 1.70. The zero-order chi connectivity index (χ0) is 16.4. The van der Waals surface area contributed by atoms with Crippen molar-refractivity contribution in [3.05, 3.63) is 16.0 Å². The van der Waals surface area contributed by atoms with E-state index in [-0.39, 0.29) is 5.91 Å². The predicted octanol–water partition coefficient (Wildman–Crippen LogP) is 2.40. The predicted molar refractivity (Wildman–Crippen MR) is 92.9 cm³/mol. The van der Waals surface area contributed by atoms with E-state index in [0.29, 0.717) is 23.0 Å². The second-order valence-electron chi connectivity index (χ2n) is 6.81. The van der Waals surface area contributed by atoms with Crippen LogP contribution in [0.4, 0.5) is 5.00 Å². The molecule has 0 spiro atoms. The van der Waals surface area contributed by atoms with Crippen molar-refractivity contribution in [1.29, 1.82) is 0 Å². The summed E-state index contributed by atoms with van der Waals surface area (Å²) in [5, 5.41) is 3.60. The van der Waals surface area contributed by atoms with Crippen molar-refractivity contribution < 1.29 is 9.59 Å². The number of carbonyl (C=O) groups is 2. The van der Waals surface area contributed by atoms with Gasteiger partial charge in [-0.2, -0.15) is 0 Å². The van der Waals surface area contributed by atoms with Gasteiger partial charge in [0.2, 0.25) is 5.91 Å². The molecule has 23 heavy (non-hydrogen) atoms. The molecule has 1 aromatic heterocycles. The van der Waals surface area contributed by atoms with E-state index in [4.69, 9.17) is 5.73 Å². The number of thiophene rings is 1. The van der Waals surface area contributed by atoms with Crippen LogP contribution in [0.15, 0.2) is 0 Å². The van der Waals surface area contributed by atoms with Gasteiger partial charge in [-0.3, -0.25) is 14.5 Å². The minimum Gasteiger partial charge on any atom is -0.365 e. The van der Waals surface area contributed by atoms with E-state index < -0.39 is 5.91 Å².